The van der Waals surface area contributed by atoms with Gasteiger partial charge in [0, 0.05) is 36.6 Å². The third kappa shape index (κ3) is 5.84. The van der Waals surface area contributed by atoms with Crippen LogP contribution in [0.4, 0.5) is 0 Å². The summed E-state index contributed by atoms with van der Waals surface area (Å²) in [6.07, 6.45) is 3.23. The van der Waals surface area contributed by atoms with Crippen LogP contribution in [0.5, 0.6) is 5.75 Å². The number of hydrogen-bond donors (Lipinski definition) is 3. The molecule has 0 amide bonds. The molecule has 2 aliphatic rings. The molecule has 27 heavy (non-hydrogen) atoms. The van der Waals surface area contributed by atoms with E-state index in [1.54, 1.807) is 0 Å². The predicted molar refractivity (Wildman–Crippen MR) is 107 cm³/mol. The molecular weight excluding hydrogens is 342 g/mol. The lowest BCUT2D eigenvalue weighted by Gasteiger charge is -2.17. The zero-order valence-electron chi connectivity index (χ0n) is 16.6. The molecule has 1 saturated carbocycles. The third-order valence-corrected chi connectivity index (χ3v) is 5.40. The van der Waals surface area contributed by atoms with Gasteiger partial charge in [-0.05, 0) is 44.7 Å². The minimum Gasteiger partial charge on any atom is -0.493 e. The van der Waals surface area contributed by atoms with Crippen LogP contribution in [0.2, 0.25) is 0 Å². The Morgan fingerprint density at radius 1 is 1.37 bits per heavy atom. The number of hydrogen-bond acceptors (Lipinski definition) is 4. The van der Waals surface area contributed by atoms with E-state index in [1.165, 1.54) is 5.56 Å². The quantitative estimate of drug-likeness (QED) is 0.456. The van der Waals surface area contributed by atoms with Crippen molar-refractivity contribution < 1.29 is 14.6 Å². The summed E-state index contributed by atoms with van der Waals surface area (Å²) in [5.74, 6) is 2.18. The Labute approximate surface area is 162 Å². The molecule has 1 saturated heterocycles. The Morgan fingerprint density at radius 3 is 2.89 bits per heavy atom. The molecule has 1 aliphatic carbocycles. The first-order valence-electron chi connectivity index (χ1n) is 10.1. The molecule has 0 radical (unpaired) electrons. The van der Waals surface area contributed by atoms with E-state index in [4.69, 9.17) is 14.5 Å². The maximum atomic E-state index is 9.49. The first kappa shape index (κ1) is 20.0. The highest BCUT2D eigenvalue weighted by atomic mass is 16.5. The molecule has 0 aromatic heterocycles. The standard InChI is InChI=1S/C21H33N3O3/c1-3-22-20(24-14-21(15-25)7-8-21)23-11-18-5-4-16(2)10-19(18)27-13-17-6-9-26-12-17/h4-5,10,17,25H,3,6-9,11-15H2,1-2H3,(H2,22,23,24). The smallest absolute Gasteiger partial charge is 0.191 e. The Morgan fingerprint density at radius 2 is 2.22 bits per heavy atom. The van der Waals surface area contributed by atoms with E-state index >= 15 is 0 Å². The number of nitrogens with zero attached hydrogens (tertiary/aromatic N) is 1. The highest BCUT2D eigenvalue weighted by molar-refractivity contribution is 5.79. The summed E-state index contributed by atoms with van der Waals surface area (Å²) in [4.78, 5) is 4.73. The van der Waals surface area contributed by atoms with E-state index in [1.807, 2.05) is 0 Å². The number of aryl methyl sites for hydroxylation is 1. The molecule has 1 aromatic rings. The molecule has 6 nitrogen and oxygen atoms in total. The molecule has 3 N–H and O–H groups in total. The van der Waals surface area contributed by atoms with E-state index in [-0.39, 0.29) is 12.0 Å². The van der Waals surface area contributed by atoms with Crippen molar-refractivity contribution in [3.8, 4) is 5.75 Å². The van der Waals surface area contributed by atoms with Crippen molar-refractivity contribution in [3.63, 3.8) is 0 Å². The molecule has 6 heteroatoms. The van der Waals surface area contributed by atoms with Crippen LogP contribution < -0.4 is 15.4 Å². The van der Waals surface area contributed by atoms with Crippen molar-refractivity contribution in [1.29, 1.82) is 0 Å². The minimum absolute atomic E-state index is 0.0532. The fourth-order valence-corrected chi connectivity index (χ4v) is 3.19. The van der Waals surface area contributed by atoms with E-state index in [9.17, 15) is 5.11 Å². The van der Waals surface area contributed by atoms with Crippen molar-refractivity contribution in [2.45, 2.75) is 39.7 Å². The molecular formula is C21H33N3O3. The van der Waals surface area contributed by atoms with Crippen LogP contribution in [-0.4, -0.2) is 50.6 Å². The van der Waals surface area contributed by atoms with Crippen LogP contribution >= 0.6 is 0 Å². The number of aliphatic hydroxyl groups is 1. The van der Waals surface area contributed by atoms with Crippen LogP contribution in [0.3, 0.4) is 0 Å². The second-order valence-electron chi connectivity index (χ2n) is 7.86. The van der Waals surface area contributed by atoms with Gasteiger partial charge in [0.1, 0.15) is 5.75 Å². The van der Waals surface area contributed by atoms with Gasteiger partial charge < -0.3 is 25.2 Å². The summed E-state index contributed by atoms with van der Waals surface area (Å²) in [7, 11) is 0. The predicted octanol–water partition coefficient (Wildman–Crippen LogP) is 2.24. The molecule has 3 rings (SSSR count). The second kappa shape index (κ2) is 9.42. The zero-order chi connectivity index (χ0) is 19.1. The van der Waals surface area contributed by atoms with Gasteiger partial charge in [0.25, 0.3) is 0 Å². The number of benzene rings is 1. The summed E-state index contributed by atoms with van der Waals surface area (Å²) in [5, 5.41) is 16.2. The summed E-state index contributed by atoms with van der Waals surface area (Å²) in [5.41, 5.74) is 2.32. The number of aliphatic imine (C=N–C) groups is 1. The van der Waals surface area contributed by atoms with Gasteiger partial charge in [0.05, 0.1) is 26.4 Å². The van der Waals surface area contributed by atoms with Gasteiger partial charge in [-0.15, -0.1) is 0 Å². The topological polar surface area (TPSA) is 75.1 Å². The number of rotatable bonds is 9. The van der Waals surface area contributed by atoms with Crippen LogP contribution in [0.15, 0.2) is 23.2 Å². The average Bonchev–Trinajstić information content (AvgIpc) is 3.27. The Hall–Kier alpha value is -1.79. The zero-order valence-corrected chi connectivity index (χ0v) is 16.6. The first-order chi connectivity index (χ1) is 13.1. The van der Waals surface area contributed by atoms with Gasteiger partial charge in [-0.2, -0.15) is 0 Å². The molecule has 0 spiro atoms. The van der Waals surface area contributed by atoms with Crippen molar-refractivity contribution in [2.75, 3.05) is 39.5 Å². The monoisotopic (exact) mass is 375 g/mol. The molecule has 1 aliphatic heterocycles. The number of ether oxygens (including phenoxy) is 2. The largest absolute Gasteiger partial charge is 0.493 e. The third-order valence-electron chi connectivity index (χ3n) is 5.40. The molecule has 2 fully saturated rings. The van der Waals surface area contributed by atoms with E-state index in [0.717, 1.165) is 62.8 Å². The number of nitrogens with one attached hydrogen (secondary N) is 2. The lowest BCUT2D eigenvalue weighted by molar-refractivity contribution is 0.166. The van der Waals surface area contributed by atoms with Crippen molar-refractivity contribution >= 4 is 5.96 Å². The normalized spacial score (nSPS) is 21.1. The molecule has 1 atom stereocenters. The van der Waals surface area contributed by atoms with Gasteiger partial charge in [-0.25, -0.2) is 4.99 Å². The van der Waals surface area contributed by atoms with Gasteiger partial charge in [0.15, 0.2) is 5.96 Å². The van der Waals surface area contributed by atoms with Crippen molar-refractivity contribution in [1.82, 2.24) is 10.6 Å². The summed E-state index contributed by atoms with van der Waals surface area (Å²) >= 11 is 0. The molecule has 0 bridgehead atoms. The molecule has 1 heterocycles. The maximum Gasteiger partial charge on any atom is 0.191 e. The highest BCUT2D eigenvalue weighted by Gasteiger charge is 2.41. The highest BCUT2D eigenvalue weighted by Crippen LogP contribution is 2.44. The number of aliphatic hydroxyl groups excluding tert-OH is 1. The Bertz CT molecular complexity index is 638. The molecule has 150 valence electrons. The van der Waals surface area contributed by atoms with Crippen molar-refractivity contribution in [3.05, 3.63) is 29.3 Å². The maximum absolute atomic E-state index is 9.49. The fourth-order valence-electron chi connectivity index (χ4n) is 3.19. The summed E-state index contributed by atoms with van der Waals surface area (Å²) in [6.45, 7) is 8.81. The van der Waals surface area contributed by atoms with Crippen LogP contribution in [-0.2, 0) is 11.3 Å². The van der Waals surface area contributed by atoms with Crippen LogP contribution in [0.1, 0.15) is 37.3 Å². The van der Waals surface area contributed by atoms with Crippen LogP contribution in [0.25, 0.3) is 0 Å². The Kier molecular flexibility index (Phi) is 6.96. The van der Waals surface area contributed by atoms with Gasteiger partial charge in [-0.1, -0.05) is 12.1 Å². The SMILES string of the molecule is CCNC(=NCc1ccc(C)cc1OCC1CCOC1)NCC1(CO)CC1. The molecule has 1 aromatic carbocycles. The lowest BCUT2D eigenvalue weighted by atomic mass is 10.1. The van der Waals surface area contributed by atoms with Gasteiger partial charge in [-0.3, -0.25) is 0 Å². The Balaban J connectivity index is 1.61. The van der Waals surface area contributed by atoms with Crippen LogP contribution in [0, 0.1) is 18.3 Å². The average molecular weight is 376 g/mol. The van der Waals surface area contributed by atoms with Gasteiger partial charge >= 0.3 is 0 Å². The number of guanidine groups is 1. The molecule has 1 unspecified atom stereocenters. The minimum atomic E-state index is 0.0532. The lowest BCUT2D eigenvalue weighted by Crippen LogP contribution is -2.41. The first-order valence-corrected chi connectivity index (χ1v) is 10.1. The fraction of sp³-hybridized carbons (Fsp3) is 0.667. The van der Waals surface area contributed by atoms with Gasteiger partial charge in [0.2, 0.25) is 0 Å². The summed E-state index contributed by atoms with van der Waals surface area (Å²) in [6, 6.07) is 6.28. The van der Waals surface area contributed by atoms with Crippen molar-refractivity contribution in [2.24, 2.45) is 16.3 Å². The van der Waals surface area contributed by atoms with E-state index in [2.05, 4.69) is 42.7 Å². The van der Waals surface area contributed by atoms with E-state index in [0.29, 0.717) is 19.1 Å². The second-order valence-corrected chi connectivity index (χ2v) is 7.86. The summed E-state index contributed by atoms with van der Waals surface area (Å²) < 4.78 is 11.6. The van der Waals surface area contributed by atoms with E-state index < -0.39 is 0 Å².